The van der Waals surface area contributed by atoms with E-state index in [0.29, 0.717) is 5.92 Å². The minimum absolute atomic E-state index is 0.262. The monoisotopic (exact) mass is 286 g/mol. The van der Waals surface area contributed by atoms with Gasteiger partial charge in [-0.15, -0.1) is 0 Å². The van der Waals surface area contributed by atoms with E-state index in [1.165, 1.54) is 37.9 Å². The molecule has 0 aliphatic carbocycles. The van der Waals surface area contributed by atoms with E-state index < -0.39 is 0 Å². The van der Waals surface area contributed by atoms with Gasteiger partial charge >= 0.3 is 0 Å². The lowest BCUT2D eigenvalue weighted by atomic mass is 10.1. The van der Waals surface area contributed by atoms with Crippen molar-refractivity contribution in [3.63, 3.8) is 0 Å². The Bertz CT molecular complexity index is 538. The van der Waals surface area contributed by atoms with Gasteiger partial charge in [0.1, 0.15) is 11.3 Å². The maximum atomic E-state index is 5.92. The highest BCUT2D eigenvalue weighted by atomic mass is 16.3. The number of hydrogen-bond donors (Lipinski definition) is 1. The first-order chi connectivity index (χ1) is 10.2. The van der Waals surface area contributed by atoms with E-state index in [-0.39, 0.29) is 6.04 Å². The van der Waals surface area contributed by atoms with Crippen LogP contribution in [0.25, 0.3) is 11.0 Å². The minimum Gasteiger partial charge on any atom is -0.459 e. The summed E-state index contributed by atoms with van der Waals surface area (Å²) < 4.78 is 5.92. The first kappa shape index (κ1) is 14.6. The Balaban J connectivity index is 1.52. The fourth-order valence-corrected chi connectivity index (χ4v) is 3.16. The summed E-state index contributed by atoms with van der Waals surface area (Å²) in [7, 11) is 0. The molecule has 0 amide bonds. The summed E-state index contributed by atoms with van der Waals surface area (Å²) in [6, 6.07) is 10.6. The summed E-state index contributed by atoms with van der Waals surface area (Å²) in [6.07, 6.45) is 2.74. The number of rotatable bonds is 6. The van der Waals surface area contributed by atoms with Gasteiger partial charge in [0.25, 0.3) is 0 Å². The summed E-state index contributed by atoms with van der Waals surface area (Å²) in [6.45, 7) is 9.32. The zero-order valence-electron chi connectivity index (χ0n) is 13.1. The van der Waals surface area contributed by atoms with E-state index in [4.69, 9.17) is 4.42 Å². The van der Waals surface area contributed by atoms with Crippen molar-refractivity contribution in [2.45, 2.75) is 32.7 Å². The van der Waals surface area contributed by atoms with Gasteiger partial charge in [0, 0.05) is 11.9 Å². The third-order valence-electron chi connectivity index (χ3n) is 4.41. The average molecular weight is 286 g/mol. The SMILES string of the molecule is CC(CNC(C)c1cc2ccccc2o1)CN1CCCC1. The zero-order chi connectivity index (χ0) is 14.7. The number of likely N-dealkylation sites (tertiary alicyclic amines) is 1. The fraction of sp³-hybridized carbons (Fsp3) is 0.556. The maximum absolute atomic E-state index is 5.92. The van der Waals surface area contributed by atoms with Crippen LogP contribution < -0.4 is 5.32 Å². The minimum atomic E-state index is 0.262. The van der Waals surface area contributed by atoms with Crippen LogP contribution in [-0.2, 0) is 0 Å². The van der Waals surface area contributed by atoms with Crippen LogP contribution in [0.3, 0.4) is 0 Å². The molecule has 2 heterocycles. The Morgan fingerprint density at radius 3 is 2.71 bits per heavy atom. The van der Waals surface area contributed by atoms with Gasteiger partial charge in [-0.25, -0.2) is 0 Å². The molecule has 1 aromatic carbocycles. The van der Waals surface area contributed by atoms with Gasteiger partial charge in [-0.3, -0.25) is 0 Å². The molecule has 2 atom stereocenters. The highest BCUT2D eigenvalue weighted by molar-refractivity contribution is 5.77. The molecule has 1 aliphatic rings. The molecule has 21 heavy (non-hydrogen) atoms. The van der Waals surface area contributed by atoms with Crippen LogP contribution in [0.15, 0.2) is 34.7 Å². The number of benzene rings is 1. The molecule has 114 valence electrons. The molecular weight excluding hydrogens is 260 g/mol. The molecule has 1 saturated heterocycles. The van der Waals surface area contributed by atoms with Crippen molar-refractivity contribution in [3.05, 3.63) is 36.1 Å². The molecule has 0 saturated carbocycles. The van der Waals surface area contributed by atoms with Crippen LogP contribution in [0, 0.1) is 5.92 Å². The number of hydrogen-bond acceptors (Lipinski definition) is 3. The van der Waals surface area contributed by atoms with Crippen LogP contribution in [0.4, 0.5) is 0 Å². The van der Waals surface area contributed by atoms with Crippen LogP contribution >= 0.6 is 0 Å². The van der Waals surface area contributed by atoms with Crippen LogP contribution in [0.2, 0.25) is 0 Å². The average Bonchev–Trinajstić information content (AvgIpc) is 3.13. The van der Waals surface area contributed by atoms with Gasteiger partial charge < -0.3 is 14.6 Å². The lowest BCUT2D eigenvalue weighted by Gasteiger charge is -2.22. The largest absolute Gasteiger partial charge is 0.459 e. The zero-order valence-corrected chi connectivity index (χ0v) is 13.1. The second-order valence-corrected chi connectivity index (χ2v) is 6.43. The van der Waals surface area contributed by atoms with E-state index in [0.717, 1.165) is 17.9 Å². The number of para-hydroxylation sites is 1. The maximum Gasteiger partial charge on any atom is 0.134 e. The standard InChI is InChI=1S/C18H26N2O/c1-14(13-20-9-5-6-10-20)12-19-15(2)18-11-16-7-3-4-8-17(16)21-18/h3-4,7-8,11,14-15,19H,5-6,9-10,12-13H2,1-2H3. The Kier molecular flexibility index (Phi) is 4.61. The smallest absolute Gasteiger partial charge is 0.134 e. The first-order valence-corrected chi connectivity index (χ1v) is 8.16. The van der Waals surface area contributed by atoms with E-state index in [1.807, 2.05) is 12.1 Å². The molecule has 1 aromatic heterocycles. The van der Waals surface area contributed by atoms with Gasteiger partial charge in [0.2, 0.25) is 0 Å². The molecule has 2 aromatic rings. The molecule has 0 spiro atoms. The second-order valence-electron chi connectivity index (χ2n) is 6.43. The van der Waals surface area contributed by atoms with E-state index in [1.54, 1.807) is 0 Å². The summed E-state index contributed by atoms with van der Waals surface area (Å²) in [4.78, 5) is 2.58. The molecule has 1 fully saturated rings. The summed E-state index contributed by atoms with van der Waals surface area (Å²) in [5, 5.41) is 4.80. The molecule has 0 bridgehead atoms. The molecule has 0 radical (unpaired) electrons. The molecular formula is C18H26N2O. The van der Waals surface area contributed by atoms with E-state index >= 15 is 0 Å². The van der Waals surface area contributed by atoms with Crippen molar-refractivity contribution < 1.29 is 4.42 Å². The Hall–Kier alpha value is -1.32. The van der Waals surface area contributed by atoms with Gasteiger partial charge in [0.05, 0.1) is 6.04 Å². The van der Waals surface area contributed by atoms with Crippen LogP contribution in [-0.4, -0.2) is 31.1 Å². The predicted octanol–water partition coefficient (Wildman–Crippen LogP) is 3.82. The predicted molar refractivity (Wildman–Crippen MR) is 87.5 cm³/mol. The summed E-state index contributed by atoms with van der Waals surface area (Å²) in [5.74, 6) is 1.71. The topological polar surface area (TPSA) is 28.4 Å². The van der Waals surface area contributed by atoms with Gasteiger partial charge in [0.15, 0.2) is 0 Å². The van der Waals surface area contributed by atoms with Crippen molar-refractivity contribution in [2.24, 2.45) is 5.92 Å². The van der Waals surface area contributed by atoms with Crippen molar-refractivity contribution in [3.8, 4) is 0 Å². The van der Waals surface area contributed by atoms with Crippen molar-refractivity contribution in [1.82, 2.24) is 10.2 Å². The van der Waals surface area contributed by atoms with Crippen molar-refractivity contribution >= 4 is 11.0 Å². The number of nitrogens with one attached hydrogen (secondary N) is 1. The van der Waals surface area contributed by atoms with Crippen LogP contribution in [0.5, 0.6) is 0 Å². The molecule has 3 rings (SSSR count). The van der Waals surface area contributed by atoms with Gasteiger partial charge in [-0.2, -0.15) is 0 Å². The Labute approximate surface area is 127 Å². The third kappa shape index (κ3) is 3.66. The summed E-state index contributed by atoms with van der Waals surface area (Å²) in [5.41, 5.74) is 0.978. The highest BCUT2D eigenvalue weighted by Crippen LogP contribution is 2.23. The quantitative estimate of drug-likeness (QED) is 0.875. The normalized spacial score (nSPS) is 19.1. The number of nitrogens with zero attached hydrogens (tertiary/aromatic N) is 1. The second kappa shape index (κ2) is 6.63. The van der Waals surface area contributed by atoms with Crippen molar-refractivity contribution in [2.75, 3.05) is 26.2 Å². The van der Waals surface area contributed by atoms with Gasteiger partial charge in [-0.05, 0) is 57.5 Å². The Morgan fingerprint density at radius 2 is 1.95 bits per heavy atom. The molecule has 2 unspecified atom stereocenters. The van der Waals surface area contributed by atoms with E-state index in [9.17, 15) is 0 Å². The van der Waals surface area contributed by atoms with E-state index in [2.05, 4.69) is 42.3 Å². The van der Waals surface area contributed by atoms with Crippen LogP contribution in [0.1, 0.15) is 38.5 Å². The molecule has 3 heteroatoms. The first-order valence-electron chi connectivity index (χ1n) is 8.16. The molecule has 1 aliphatic heterocycles. The lowest BCUT2D eigenvalue weighted by Crippen LogP contribution is -2.32. The van der Waals surface area contributed by atoms with Gasteiger partial charge in [-0.1, -0.05) is 25.1 Å². The lowest BCUT2D eigenvalue weighted by molar-refractivity contribution is 0.276. The third-order valence-corrected chi connectivity index (χ3v) is 4.41. The number of furan rings is 1. The number of fused-ring (bicyclic) bond motifs is 1. The Morgan fingerprint density at radius 1 is 1.19 bits per heavy atom. The molecule has 3 nitrogen and oxygen atoms in total. The fourth-order valence-electron chi connectivity index (χ4n) is 3.16. The van der Waals surface area contributed by atoms with Crippen molar-refractivity contribution in [1.29, 1.82) is 0 Å². The summed E-state index contributed by atoms with van der Waals surface area (Å²) >= 11 is 0. The highest BCUT2D eigenvalue weighted by Gasteiger charge is 2.16. The molecule has 1 N–H and O–H groups in total.